The summed E-state index contributed by atoms with van der Waals surface area (Å²) in [5.41, 5.74) is 8.11. The molecular weight excluding hydrogens is 382 g/mol. The summed E-state index contributed by atoms with van der Waals surface area (Å²) in [7, 11) is 0. The van der Waals surface area contributed by atoms with Gasteiger partial charge in [-0.1, -0.05) is 26.7 Å². The highest BCUT2D eigenvalue weighted by Crippen LogP contribution is 2.37. The van der Waals surface area contributed by atoms with Gasteiger partial charge in [-0.2, -0.15) is 4.98 Å². The Morgan fingerprint density at radius 3 is 2.73 bits per heavy atom. The highest BCUT2D eigenvalue weighted by atomic mass is 16.3. The van der Waals surface area contributed by atoms with Crippen LogP contribution in [-0.2, 0) is 6.42 Å². The van der Waals surface area contributed by atoms with E-state index >= 15 is 0 Å². The fourth-order valence-corrected chi connectivity index (χ4v) is 4.69. The van der Waals surface area contributed by atoms with E-state index < -0.39 is 12.0 Å². The molecule has 2 heterocycles. The van der Waals surface area contributed by atoms with Gasteiger partial charge in [-0.05, 0) is 37.2 Å². The summed E-state index contributed by atoms with van der Waals surface area (Å²) in [5, 5.41) is 13.5. The minimum atomic E-state index is -0.628. The Morgan fingerprint density at radius 2 is 2.03 bits per heavy atom. The quantitative estimate of drug-likeness (QED) is 0.710. The average molecular weight is 412 g/mol. The Hall–Kier alpha value is -2.74. The number of Topliss-reactive ketones (excluding diaryl/α,β-unsaturated/α-hetero) is 1. The van der Waals surface area contributed by atoms with E-state index in [4.69, 9.17) is 5.73 Å². The van der Waals surface area contributed by atoms with E-state index in [-0.39, 0.29) is 22.8 Å². The topological polar surface area (TPSA) is 123 Å². The molecule has 1 amide bonds. The molecule has 4 N–H and O–H groups in total. The highest BCUT2D eigenvalue weighted by molar-refractivity contribution is 6.00. The average Bonchev–Trinajstić information content (AvgIpc) is 2.98. The van der Waals surface area contributed by atoms with Crippen LogP contribution in [0.25, 0.3) is 5.95 Å². The lowest BCUT2D eigenvalue weighted by Crippen LogP contribution is -2.37. The number of aryl methyl sites for hydroxylation is 1. The first-order chi connectivity index (χ1) is 14.2. The Morgan fingerprint density at radius 1 is 1.30 bits per heavy atom. The van der Waals surface area contributed by atoms with E-state index in [1.165, 1.54) is 6.20 Å². The van der Waals surface area contributed by atoms with Crippen LogP contribution in [0.2, 0.25) is 0 Å². The number of anilines is 1. The Labute approximate surface area is 175 Å². The molecular formula is C22H29N5O3. The highest BCUT2D eigenvalue weighted by Gasteiger charge is 2.35. The normalized spacial score (nSPS) is 23.1. The van der Waals surface area contributed by atoms with Gasteiger partial charge in [0, 0.05) is 30.1 Å². The maximum absolute atomic E-state index is 12.7. The maximum Gasteiger partial charge on any atom is 0.254 e. The summed E-state index contributed by atoms with van der Waals surface area (Å²) in [4.78, 5) is 33.6. The number of amides is 1. The molecule has 2 aromatic rings. The van der Waals surface area contributed by atoms with Gasteiger partial charge in [-0.15, -0.1) is 0 Å². The van der Waals surface area contributed by atoms with Crippen molar-refractivity contribution >= 4 is 17.5 Å². The molecule has 2 atom stereocenters. The second-order valence-electron chi connectivity index (χ2n) is 9.34. The number of carbonyl (C=O) groups excluding carboxylic acids is 2. The zero-order chi connectivity index (χ0) is 21.6. The molecule has 0 saturated heterocycles. The van der Waals surface area contributed by atoms with Crippen LogP contribution in [0.1, 0.15) is 77.9 Å². The lowest BCUT2D eigenvalue weighted by atomic mass is 9.75. The van der Waals surface area contributed by atoms with E-state index in [0.717, 1.165) is 42.5 Å². The van der Waals surface area contributed by atoms with E-state index in [1.807, 2.05) is 17.7 Å². The molecule has 30 heavy (non-hydrogen) atoms. The van der Waals surface area contributed by atoms with Gasteiger partial charge in [0.1, 0.15) is 5.82 Å². The van der Waals surface area contributed by atoms with Crippen molar-refractivity contribution in [1.29, 1.82) is 0 Å². The third-order valence-corrected chi connectivity index (χ3v) is 6.17. The molecule has 2 aliphatic rings. The van der Waals surface area contributed by atoms with E-state index in [9.17, 15) is 14.7 Å². The molecule has 1 saturated carbocycles. The predicted molar refractivity (Wildman–Crippen MR) is 113 cm³/mol. The molecule has 2 aliphatic carbocycles. The van der Waals surface area contributed by atoms with E-state index in [2.05, 4.69) is 29.1 Å². The Balaban J connectivity index is 1.77. The smallest absolute Gasteiger partial charge is 0.254 e. The van der Waals surface area contributed by atoms with Crippen molar-refractivity contribution < 1.29 is 14.7 Å². The second kappa shape index (κ2) is 7.50. The van der Waals surface area contributed by atoms with Crippen molar-refractivity contribution in [3.63, 3.8) is 0 Å². The van der Waals surface area contributed by atoms with Crippen LogP contribution in [0.5, 0.6) is 0 Å². The van der Waals surface area contributed by atoms with Crippen molar-refractivity contribution in [3.05, 3.63) is 34.8 Å². The van der Waals surface area contributed by atoms with Gasteiger partial charge in [-0.25, -0.2) is 4.98 Å². The summed E-state index contributed by atoms with van der Waals surface area (Å²) in [6.45, 7) is 6.07. The van der Waals surface area contributed by atoms with Crippen molar-refractivity contribution in [2.24, 2.45) is 11.1 Å². The number of ketones is 1. The minimum absolute atomic E-state index is 0.134. The Kier molecular flexibility index (Phi) is 5.13. The first kappa shape index (κ1) is 20.5. The number of nitrogens with two attached hydrogens (primary N) is 1. The molecule has 8 heteroatoms. The molecule has 4 rings (SSSR count). The van der Waals surface area contributed by atoms with Crippen molar-refractivity contribution in [1.82, 2.24) is 14.5 Å². The van der Waals surface area contributed by atoms with Gasteiger partial charge in [0.25, 0.3) is 5.91 Å². The SMILES string of the molecule is Cc1cn(-c2ncc(C(N)=O)c(NC3CCCCC3O)n2)c2c1C(=O)CC(C)(C)C2. The van der Waals surface area contributed by atoms with Crippen LogP contribution >= 0.6 is 0 Å². The fourth-order valence-electron chi connectivity index (χ4n) is 4.69. The number of fused-ring (bicyclic) bond motifs is 1. The van der Waals surface area contributed by atoms with Crippen molar-refractivity contribution in [2.45, 2.75) is 71.4 Å². The molecule has 0 radical (unpaired) electrons. The number of hydrogen-bond donors (Lipinski definition) is 3. The maximum atomic E-state index is 12.7. The van der Waals surface area contributed by atoms with Crippen LogP contribution < -0.4 is 11.1 Å². The zero-order valence-electron chi connectivity index (χ0n) is 17.7. The monoisotopic (exact) mass is 411 g/mol. The number of hydrogen-bond acceptors (Lipinski definition) is 6. The molecule has 0 bridgehead atoms. The summed E-state index contributed by atoms with van der Waals surface area (Å²) in [5.74, 6) is 0.203. The van der Waals surface area contributed by atoms with E-state index in [1.54, 1.807) is 0 Å². The van der Waals surface area contributed by atoms with Gasteiger partial charge in [0.05, 0.1) is 17.7 Å². The number of nitrogens with one attached hydrogen (secondary N) is 1. The number of carbonyl (C=O) groups is 2. The van der Waals surface area contributed by atoms with Crippen molar-refractivity contribution in [2.75, 3.05) is 5.32 Å². The van der Waals surface area contributed by atoms with E-state index in [0.29, 0.717) is 24.6 Å². The number of rotatable bonds is 4. The minimum Gasteiger partial charge on any atom is -0.391 e. The van der Waals surface area contributed by atoms with Crippen LogP contribution in [-0.4, -0.2) is 43.5 Å². The summed E-state index contributed by atoms with van der Waals surface area (Å²) < 4.78 is 1.84. The molecule has 2 aromatic heterocycles. The zero-order valence-corrected chi connectivity index (χ0v) is 17.7. The third kappa shape index (κ3) is 3.71. The summed E-state index contributed by atoms with van der Waals surface area (Å²) >= 11 is 0. The predicted octanol–water partition coefficient (Wildman–Crippen LogP) is 2.55. The molecule has 1 fully saturated rings. The molecule has 0 spiro atoms. The number of aliphatic hydroxyl groups excluding tert-OH is 1. The Bertz CT molecular complexity index is 1010. The molecule has 0 aromatic carbocycles. The van der Waals surface area contributed by atoms with Gasteiger partial charge < -0.3 is 16.2 Å². The molecule has 0 aliphatic heterocycles. The van der Waals surface area contributed by atoms with Gasteiger partial charge in [0.2, 0.25) is 5.95 Å². The number of aliphatic hydroxyl groups is 1. The number of primary amides is 1. The first-order valence-corrected chi connectivity index (χ1v) is 10.5. The number of nitrogens with zero attached hydrogens (tertiary/aromatic N) is 3. The van der Waals surface area contributed by atoms with Gasteiger partial charge in [-0.3, -0.25) is 14.2 Å². The van der Waals surface area contributed by atoms with Gasteiger partial charge >= 0.3 is 0 Å². The van der Waals surface area contributed by atoms with Crippen LogP contribution in [0, 0.1) is 12.3 Å². The van der Waals surface area contributed by atoms with Crippen LogP contribution in [0.15, 0.2) is 12.4 Å². The standard InChI is InChI=1S/C22H29N5O3/c1-12-11-27(15-8-22(2,3)9-17(29)18(12)15)21-24-10-13(19(23)30)20(26-21)25-14-6-4-5-7-16(14)28/h10-11,14,16,28H,4-9H2,1-3H3,(H2,23,30)(H,24,25,26). The summed E-state index contributed by atoms with van der Waals surface area (Å²) in [6.07, 6.45) is 7.52. The molecule has 2 unspecified atom stereocenters. The molecule has 160 valence electrons. The van der Waals surface area contributed by atoms with Crippen LogP contribution in [0.4, 0.5) is 5.82 Å². The fraction of sp³-hybridized carbons (Fsp3) is 0.545. The largest absolute Gasteiger partial charge is 0.391 e. The number of aromatic nitrogens is 3. The van der Waals surface area contributed by atoms with Crippen molar-refractivity contribution in [3.8, 4) is 5.95 Å². The third-order valence-electron chi connectivity index (χ3n) is 6.17. The first-order valence-electron chi connectivity index (χ1n) is 10.5. The second-order valence-corrected chi connectivity index (χ2v) is 9.34. The lowest BCUT2D eigenvalue weighted by molar-refractivity contribution is 0.0909. The van der Waals surface area contributed by atoms with Crippen LogP contribution in [0.3, 0.4) is 0 Å². The molecule has 8 nitrogen and oxygen atoms in total. The summed E-state index contributed by atoms with van der Waals surface area (Å²) in [6, 6.07) is -0.194. The lowest BCUT2D eigenvalue weighted by Gasteiger charge is -2.30. The van der Waals surface area contributed by atoms with Gasteiger partial charge in [0.15, 0.2) is 5.78 Å².